The average molecular weight is 352 g/mol. The standard InChI is InChI=1S/C16H14ClNO6/c1-21-15(19)13(16(20)22-2)12-10-5-9(17)3-4-11(10)23-6-8-7-24-18-14(8)12/h3-5,7,12-13H,6H2,1-2H3/t12-/m0/s1. The Kier molecular flexibility index (Phi) is 4.44. The maximum absolute atomic E-state index is 12.3. The van der Waals surface area contributed by atoms with E-state index in [1.54, 1.807) is 18.2 Å². The highest BCUT2D eigenvalue weighted by atomic mass is 35.5. The first kappa shape index (κ1) is 16.3. The summed E-state index contributed by atoms with van der Waals surface area (Å²) in [5, 5.41) is 4.40. The monoisotopic (exact) mass is 351 g/mol. The van der Waals surface area contributed by atoms with Gasteiger partial charge >= 0.3 is 11.9 Å². The normalized spacial score (nSPS) is 15.8. The summed E-state index contributed by atoms with van der Waals surface area (Å²) in [5.74, 6) is -3.04. The molecule has 8 heteroatoms. The molecule has 1 aliphatic rings. The molecular formula is C16H14ClNO6. The molecule has 2 heterocycles. The number of hydrogen-bond acceptors (Lipinski definition) is 7. The average Bonchev–Trinajstić information content (AvgIpc) is 3.00. The lowest BCUT2D eigenvalue weighted by Gasteiger charge is -2.22. The Balaban J connectivity index is 2.23. The Labute approximate surface area is 142 Å². The number of fused-ring (bicyclic) bond motifs is 2. The van der Waals surface area contributed by atoms with E-state index in [2.05, 4.69) is 5.16 Å². The van der Waals surface area contributed by atoms with E-state index in [4.69, 9.17) is 30.3 Å². The van der Waals surface area contributed by atoms with Gasteiger partial charge in [-0.05, 0) is 18.2 Å². The number of aromatic nitrogens is 1. The molecule has 7 nitrogen and oxygen atoms in total. The zero-order chi connectivity index (χ0) is 17.3. The van der Waals surface area contributed by atoms with Gasteiger partial charge in [-0.15, -0.1) is 0 Å². The van der Waals surface area contributed by atoms with E-state index < -0.39 is 23.8 Å². The quantitative estimate of drug-likeness (QED) is 0.619. The number of nitrogens with zero attached hydrogens (tertiary/aromatic N) is 1. The van der Waals surface area contributed by atoms with Gasteiger partial charge < -0.3 is 18.7 Å². The number of esters is 2. The maximum atomic E-state index is 12.3. The van der Waals surface area contributed by atoms with Gasteiger partial charge in [-0.25, -0.2) is 0 Å². The van der Waals surface area contributed by atoms with Crippen molar-refractivity contribution in [1.29, 1.82) is 0 Å². The van der Waals surface area contributed by atoms with Gasteiger partial charge in [-0.2, -0.15) is 0 Å². The van der Waals surface area contributed by atoms with Gasteiger partial charge in [0.2, 0.25) is 0 Å². The van der Waals surface area contributed by atoms with Gasteiger partial charge in [0.15, 0.2) is 5.92 Å². The van der Waals surface area contributed by atoms with Crippen LogP contribution in [0.5, 0.6) is 5.75 Å². The zero-order valence-electron chi connectivity index (χ0n) is 12.9. The van der Waals surface area contributed by atoms with E-state index >= 15 is 0 Å². The Morgan fingerprint density at radius 3 is 2.67 bits per heavy atom. The number of rotatable bonds is 3. The summed E-state index contributed by atoms with van der Waals surface area (Å²) >= 11 is 6.10. The fourth-order valence-electron chi connectivity index (χ4n) is 2.79. The van der Waals surface area contributed by atoms with E-state index in [9.17, 15) is 9.59 Å². The first-order valence-corrected chi connectivity index (χ1v) is 7.45. The number of methoxy groups -OCH3 is 2. The molecule has 0 aliphatic carbocycles. The van der Waals surface area contributed by atoms with Crippen LogP contribution >= 0.6 is 11.6 Å². The molecule has 1 aromatic heterocycles. The van der Waals surface area contributed by atoms with Crippen molar-refractivity contribution in [3.63, 3.8) is 0 Å². The van der Waals surface area contributed by atoms with E-state index in [1.807, 2.05) is 0 Å². The molecule has 0 spiro atoms. The summed E-state index contributed by atoms with van der Waals surface area (Å²) in [6.45, 7) is 0.193. The third-order valence-electron chi connectivity index (χ3n) is 3.90. The van der Waals surface area contributed by atoms with Crippen LogP contribution in [0.15, 0.2) is 29.0 Å². The smallest absolute Gasteiger partial charge is 0.321 e. The highest BCUT2D eigenvalue weighted by Crippen LogP contribution is 2.43. The second-order valence-corrected chi connectivity index (χ2v) is 5.63. The van der Waals surface area contributed by atoms with Gasteiger partial charge in [-0.1, -0.05) is 16.8 Å². The van der Waals surface area contributed by atoms with Crippen LogP contribution in [-0.4, -0.2) is 31.3 Å². The Morgan fingerprint density at radius 2 is 2.00 bits per heavy atom. The van der Waals surface area contributed by atoms with Crippen LogP contribution in [0, 0.1) is 5.92 Å². The molecule has 0 saturated carbocycles. The van der Waals surface area contributed by atoms with Crippen LogP contribution in [0.4, 0.5) is 0 Å². The lowest BCUT2D eigenvalue weighted by Crippen LogP contribution is -2.33. The summed E-state index contributed by atoms with van der Waals surface area (Å²) < 4.78 is 20.3. The molecule has 0 unspecified atom stereocenters. The zero-order valence-corrected chi connectivity index (χ0v) is 13.7. The van der Waals surface area contributed by atoms with Gasteiger partial charge in [0.1, 0.15) is 18.6 Å². The molecule has 0 fully saturated rings. The first-order chi connectivity index (χ1) is 11.6. The van der Waals surface area contributed by atoms with Crippen molar-refractivity contribution in [1.82, 2.24) is 5.16 Å². The maximum Gasteiger partial charge on any atom is 0.321 e. The highest BCUT2D eigenvalue weighted by molar-refractivity contribution is 6.30. The summed E-state index contributed by atoms with van der Waals surface area (Å²) in [6, 6.07) is 4.97. The van der Waals surface area contributed by atoms with Gasteiger partial charge in [-0.3, -0.25) is 9.59 Å². The lowest BCUT2D eigenvalue weighted by atomic mass is 9.82. The molecule has 3 rings (SSSR count). The van der Waals surface area contributed by atoms with E-state index in [1.165, 1.54) is 20.5 Å². The molecule has 0 saturated heterocycles. The minimum atomic E-state index is -1.26. The van der Waals surface area contributed by atoms with Crippen molar-refractivity contribution in [3.8, 4) is 5.75 Å². The Morgan fingerprint density at radius 1 is 1.29 bits per heavy atom. The molecule has 0 amide bonds. The van der Waals surface area contributed by atoms with Gasteiger partial charge in [0.25, 0.3) is 0 Å². The van der Waals surface area contributed by atoms with Gasteiger partial charge in [0.05, 0.1) is 31.4 Å². The number of halogens is 1. The van der Waals surface area contributed by atoms with Crippen LogP contribution in [0.2, 0.25) is 5.02 Å². The Bertz CT molecular complexity index is 771. The SMILES string of the molecule is COC(=O)C(C(=O)OC)[C@@H]1c2cc(Cl)ccc2OCc2conc21. The van der Waals surface area contributed by atoms with Crippen LogP contribution in [0.3, 0.4) is 0 Å². The van der Waals surface area contributed by atoms with E-state index in [0.717, 1.165) is 0 Å². The van der Waals surface area contributed by atoms with Crippen molar-refractivity contribution in [3.05, 3.63) is 46.3 Å². The molecule has 1 aliphatic heterocycles. The summed E-state index contributed by atoms with van der Waals surface area (Å²) in [7, 11) is 2.40. The number of benzene rings is 1. The summed E-state index contributed by atoms with van der Waals surface area (Å²) in [4.78, 5) is 24.6. The molecule has 24 heavy (non-hydrogen) atoms. The number of hydrogen-bond donors (Lipinski definition) is 0. The molecule has 0 bridgehead atoms. The van der Waals surface area contributed by atoms with Crippen LogP contribution in [0.25, 0.3) is 0 Å². The predicted molar refractivity (Wildman–Crippen MR) is 81.7 cm³/mol. The second-order valence-electron chi connectivity index (χ2n) is 5.20. The van der Waals surface area contributed by atoms with E-state index in [0.29, 0.717) is 27.6 Å². The summed E-state index contributed by atoms with van der Waals surface area (Å²) in [5.41, 5.74) is 1.58. The Hall–Kier alpha value is -2.54. The third-order valence-corrected chi connectivity index (χ3v) is 4.14. The number of ether oxygens (including phenoxy) is 3. The van der Waals surface area contributed by atoms with E-state index in [-0.39, 0.29) is 6.61 Å². The topological polar surface area (TPSA) is 87.9 Å². The fraction of sp³-hybridized carbons (Fsp3) is 0.312. The number of carbonyl (C=O) groups excluding carboxylic acids is 2. The first-order valence-electron chi connectivity index (χ1n) is 7.07. The fourth-order valence-corrected chi connectivity index (χ4v) is 2.97. The van der Waals surface area contributed by atoms with Crippen LogP contribution < -0.4 is 4.74 Å². The summed E-state index contributed by atoms with van der Waals surface area (Å²) in [6.07, 6.45) is 1.42. The minimum absolute atomic E-state index is 0.193. The van der Waals surface area contributed by atoms with Crippen molar-refractivity contribution in [2.45, 2.75) is 12.5 Å². The number of carbonyl (C=O) groups is 2. The largest absolute Gasteiger partial charge is 0.488 e. The second kappa shape index (κ2) is 6.52. The van der Waals surface area contributed by atoms with Crippen molar-refractivity contribution >= 4 is 23.5 Å². The minimum Gasteiger partial charge on any atom is -0.488 e. The molecule has 1 atom stereocenters. The highest BCUT2D eigenvalue weighted by Gasteiger charge is 2.44. The molecule has 2 aromatic rings. The third kappa shape index (κ3) is 2.71. The van der Waals surface area contributed by atoms with Crippen molar-refractivity contribution in [2.75, 3.05) is 14.2 Å². The molecule has 126 valence electrons. The molecule has 0 N–H and O–H groups in total. The molecule has 0 radical (unpaired) electrons. The molecule has 1 aromatic carbocycles. The van der Waals surface area contributed by atoms with Crippen molar-refractivity contribution in [2.24, 2.45) is 5.92 Å². The predicted octanol–water partition coefficient (Wildman–Crippen LogP) is 2.31. The van der Waals surface area contributed by atoms with Crippen LogP contribution in [0.1, 0.15) is 22.7 Å². The molecular weight excluding hydrogens is 338 g/mol. The van der Waals surface area contributed by atoms with Crippen molar-refractivity contribution < 1.29 is 28.3 Å². The lowest BCUT2D eigenvalue weighted by molar-refractivity contribution is -0.159. The van der Waals surface area contributed by atoms with Crippen LogP contribution in [-0.2, 0) is 25.7 Å². The van der Waals surface area contributed by atoms with Gasteiger partial charge in [0, 0.05) is 10.6 Å².